The van der Waals surface area contributed by atoms with Crippen molar-refractivity contribution in [2.45, 2.75) is 19.9 Å². The number of nitrogens with two attached hydrogens (primary N) is 1. The quantitative estimate of drug-likeness (QED) is 0.886. The van der Waals surface area contributed by atoms with E-state index in [9.17, 15) is 9.90 Å². The Hall–Kier alpha value is -2.33. The largest absolute Gasteiger partial charge is 0.508 e. The minimum absolute atomic E-state index is 0.00333. The Balaban J connectivity index is 2.14. The highest BCUT2D eigenvalue weighted by Gasteiger charge is 2.14. The molecule has 0 fully saturated rings. The van der Waals surface area contributed by atoms with Gasteiger partial charge in [-0.15, -0.1) is 0 Å². The molecule has 0 bridgehead atoms. The molecule has 0 aliphatic rings. The summed E-state index contributed by atoms with van der Waals surface area (Å²) in [6.45, 7) is 3.03. The zero-order chi connectivity index (χ0) is 15.2. The number of nitrogens with zero attached hydrogens (tertiary/aromatic N) is 1. The van der Waals surface area contributed by atoms with Gasteiger partial charge < -0.3 is 15.7 Å². The molecule has 21 heavy (non-hydrogen) atoms. The number of benzene rings is 2. The molecule has 0 heterocycles. The number of hydrogen-bond donors (Lipinski definition) is 2. The van der Waals surface area contributed by atoms with Crippen molar-refractivity contribution in [3.05, 3.63) is 59.7 Å². The summed E-state index contributed by atoms with van der Waals surface area (Å²) in [5.41, 5.74) is 8.28. The van der Waals surface area contributed by atoms with Crippen LogP contribution in [-0.2, 0) is 17.8 Å². The van der Waals surface area contributed by atoms with Crippen molar-refractivity contribution in [3.8, 4) is 5.75 Å². The number of likely N-dealkylation sites (N-methyl/N-ethyl adjacent to an activating group) is 1. The molecule has 2 rings (SSSR count). The molecular formula is C17H20N2O2. The van der Waals surface area contributed by atoms with E-state index in [0.717, 1.165) is 16.8 Å². The van der Waals surface area contributed by atoms with E-state index in [2.05, 4.69) is 0 Å². The molecule has 2 aromatic carbocycles. The fraction of sp³-hybridized carbons (Fsp3) is 0.235. The van der Waals surface area contributed by atoms with E-state index in [1.54, 1.807) is 23.1 Å². The molecule has 110 valence electrons. The second-order valence-corrected chi connectivity index (χ2v) is 4.86. The molecule has 1 amide bonds. The Morgan fingerprint density at radius 2 is 1.86 bits per heavy atom. The van der Waals surface area contributed by atoms with E-state index < -0.39 is 0 Å². The lowest BCUT2D eigenvalue weighted by atomic mass is 10.1. The summed E-state index contributed by atoms with van der Waals surface area (Å²) in [7, 11) is 0. The van der Waals surface area contributed by atoms with Crippen LogP contribution in [0.25, 0.3) is 0 Å². The van der Waals surface area contributed by atoms with E-state index in [1.807, 2.05) is 37.3 Å². The molecule has 4 heteroatoms. The van der Waals surface area contributed by atoms with Crippen LogP contribution in [0.2, 0.25) is 0 Å². The van der Waals surface area contributed by atoms with Crippen LogP contribution in [0, 0.1) is 0 Å². The minimum atomic E-state index is 0.00333. The fourth-order valence-electron chi connectivity index (χ4n) is 2.25. The first-order chi connectivity index (χ1) is 10.1. The molecule has 0 aromatic heterocycles. The first-order valence-electron chi connectivity index (χ1n) is 7.01. The number of aromatic hydroxyl groups is 1. The fourth-order valence-corrected chi connectivity index (χ4v) is 2.25. The highest BCUT2D eigenvalue weighted by atomic mass is 16.3. The normalized spacial score (nSPS) is 10.4. The molecule has 4 nitrogen and oxygen atoms in total. The number of amides is 1. The van der Waals surface area contributed by atoms with Crippen molar-refractivity contribution in [2.75, 3.05) is 11.4 Å². The van der Waals surface area contributed by atoms with Gasteiger partial charge in [0.15, 0.2) is 0 Å². The first-order valence-corrected chi connectivity index (χ1v) is 7.01. The van der Waals surface area contributed by atoms with Gasteiger partial charge in [-0.25, -0.2) is 0 Å². The second-order valence-electron chi connectivity index (χ2n) is 4.86. The lowest BCUT2D eigenvalue weighted by molar-refractivity contribution is -0.117. The van der Waals surface area contributed by atoms with Crippen molar-refractivity contribution in [3.63, 3.8) is 0 Å². The smallest absolute Gasteiger partial charge is 0.231 e. The van der Waals surface area contributed by atoms with Gasteiger partial charge in [-0.2, -0.15) is 0 Å². The zero-order valence-electron chi connectivity index (χ0n) is 12.1. The minimum Gasteiger partial charge on any atom is -0.508 e. The number of phenolic OH excluding ortho intramolecular Hbond substituents is 1. The predicted octanol–water partition coefficient (Wildman–Crippen LogP) is 2.45. The third-order valence-corrected chi connectivity index (χ3v) is 3.37. The van der Waals surface area contributed by atoms with Gasteiger partial charge in [-0.3, -0.25) is 4.79 Å². The van der Waals surface area contributed by atoms with E-state index >= 15 is 0 Å². The summed E-state index contributed by atoms with van der Waals surface area (Å²) in [6, 6.07) is 14.5. The van der Waals surface area contributed by atoms with Crippen LogP contribution in [0.5, 0.6) is 5.75 Å². The van der Waals surface area contributed by atoms with Crippen LogP contribution in [0.3, 0.4) is 0 Å². The van der Waals surface area contributed by atoms with Crippen LogP contribution in [0.4, 0.5) is 5.69 Å². The number of anilines is 1. The number of rotatable bonds is 5. The van der Waals surface area contributed by atoms with Crippen molar-refractivity contribution in [1.82, 2.24) is 0 Å². The first kappa shape index (κ1) is 15.1. The lowest BCUT2D eigenvalue weighted by Gasteiger charge is -2.21. The van der Waals surface area contributed by atoms with Gasteiger partial charge in [0.25, 0.3) is 0 Å². The Bertz CT molecular complexity index is 608. The highest BCUT2D eigenvalue weighted by Crippen LogP contribution is 2.18. The molecule has 0 unspecified atom stereocenters. The molecule has 0 saturated heterocycles. The molecule has 0 radical (unpaired) electrons. The molecule has 0 aliphatic heterocycles. The Kier molecular flexibility index (Phi) is 4.95. The monoisotopic (exact) mass is 284 g/mol. The molecule has 2 aromatic rings. The van der Waals surface area contributed by atoms with Gasteiger partial charge in [-0.1, -0.05) is 24.3 Å². The van der Waals surface area contributed by atoms with Crippen molar-refractivity contribution >= 4 is 11.6 Å². The molecule has 0 atom stereocenters. The Labute approximate surface area is 124 Å². The topological polar surface area (TPSA) is 66.6 Å². The molecular weight excluding hydrogens is 264 g/mol. The van der Waals surface area contributed by atoms with E-state index in [0.29, 0.717) is 13.1 Å². The van der Waals surface area contributed by atoms with Gasteiger partial charge >= 0.3 is 0 Å². The third-order valence-electron chi connectivity index (χ3n) is 3.37. The maximum absolute atomic E-state index is 12.4. The van der Waals surface area contributed by atoms with E-state index in [1.165, 1.54) is 0 Å². The summed E-state index contributed by atoms with van der Waals surface area (Å²) < 4.78 is 0. The molecule has 0 spiro atoms. The van der Waals surface area contributed by atoms with Crippen LogP contribution in [0.1, 0.15) is 18.1 Å². The summed E-state index contributed by atoms with van der Waals surface area (Å²) in [6.07, 6.45) is 0.265. The van der Waals surface area contributed by atoms with Crippen molar-refractivity contribution < 1.29 is 9.90 Å². The van der Waals surface area contributed by atoms with Gasteiger partial charge in [0.05, 0.1) is 6.42 Å². The van der Waals surface area contributed by atoms with Gasteiger partial charge in [0.1, 0.15) is 5.75 Å². The summed E-state index contributed by atoms with van der Waals surface area (Å²) in [5.74, 6) is 0.180. The second kappa shape index (κ2) is 6.90. The van der Waals surface area contributed by atoms with Gasteiger partial charge in [-0.05, 0) is 42.3 Å². The molecule has 3 N–H and O–H groups in total. The number of carbonyl (C=O) groups is 1. The Morgan fingerprint density at radius 1 is 1.14 bits per heavy atom. The standard InChI is InChI=1S/C17H20N2O2/c1-2-19(15-8-6-13(12-18)7-9-15)17(21)11-14-4-3-5-16(20)10-14/h3-10,20H,2,11-12,18H2,1H3. The van der Waals surface area contributed by atoms with Crippen LogP contribution in [0.15, 0.2) is 48.5 Å². The van der Waals surface area contributed by atoms with Crippen LogP contribution < -0.4 is 10.6 Å². The van der Waals surface area contributed by atoms with Crippen LogP contribution in [-0.4, -0.2) is 17.6 Å². The SMILES string of the molecule is CCN(C(=O)Cc1cccc(O)c1)c1ccc(CN)cc1. The molecule has 0 saturated carbocycles. The number of carbonyl (C=O) groups excluding carboxylic acids is 1. The van der Waals surface area contributed by atoms with Gasteiger partial charge in [0.2, 0.25) is 5.91 Å². The summed E-state index contributed by atoms with van der Waals surface area (Å²) in [5, 5.41) is 9.46. The van der Waals surface area contributed by atoms with Crippen LogP contribution >= 0.6 is 0 Å². The third kappa shape index (κ3) is 3.83. The van der Waals surface area contributed by atoms with Gasteiger partial charge in [0, 0.05) is 18.8 Å². The Morgan fingerprint density at radius 3 is 2.43 bits per heavy atom. The average Bonchev–Trinajstić information content (AvgIpc) is 2.48. The lowest BCUT2D eigenvalue weighted by Crippen LogP contribution is -2.31. The zero-order valence-corrected chi connectivity index (χ0v) is 12.1. The number of hydrogen-bond acceptors (Lipinski definition) is 3. The molecule has 0 aliphatic carbocycles. The maximum atomic E-state index is 12.4. The number of phenols is 1. The predicted molar refractivity (Wildman–Crippen MR) is 84.2 cm³/mol. The van der Waals surface area contributed by atoms with E-state index in [4.69, 9.17) is 5.73 Å². The maximum Gasteiger partial charge on any atom is 0.231 e. The van der Waals surface area contributed by atoms with Crippen molar-refractivity contribution in [1.29, 1.82) is 0 Å². The van der Waals surface area contributed by atoms with E-state index in [-0.39, 0.29) is 18.1 Å². The average molecular weight is 284 g/mol. The highest BCUT2D eigenvalue weighted by molar-refractivity contribution is 5.94. The summed E-state index contributed by atoms with van der Waals surface area (Å²) in [4.78, 5) is 14.2. The summed E-state index contributed by atoms with van der Waals surface area (Å²) >= 11 is 0. The van der Waals surface area contributed by atoms with Crippen molar-refractivity contribution in [2.24, 2.45) is 5.73 Å².